The molecule has 0 radical (unpaired) electrons. The number of para-hydroxylation sites is 1. The molecule has 1 aliphatic heterocycles. The first-order valence-corrected chi connectivity index (χ1v) is 8.97. The van der Waals surface area contributed by atoms with Gasteiger partial charge in [-0.1, -0.05) is 42.5 Å². The highest BCUT2D eigenvalue weighted by Gasteiger charge is 2.46. The van der Waals surface area contributed by atoms with Crippen LogP contribution in [0.1, 0.15) is 0 Å². The van der Waals surface area contributed by atoms with Crippen LogP contribution in [-0.2, 0) is 9.53 Å². The second kappa shape index (κ2) is 9.16. The normalized spacial score (nSPS) is 25.9. The number of carboxylic acids is 1. The third-order valence-electron chi connectivity index (χ3n) is 4.60. The third kappa shape index (κ3) is 4.40. The maximum atomic E-state index is 12.3. The second-order valence-corrected chi connectivity index (χ2v) is 6.60. The predicted octanol–water partition coefficient (Wildman–Crippen LogP) is 0.331. The molecule has 1 fully saturated rings. The lowest BCUT2D eigenvalue weighted by Gasteiger charge is -2.36. The summed E-state index contributed by atoms with van der Waals surface area (Å²) in [6.45, 7) is 0. The minimum atomic E-state index is -1.81. The fourth-order valence-electron chi connectivity index (χ4n) is 2.96. The van der Waals surface area contributed by atoms with Gasteiger partial charge in [0.2, 0.25) is 0 Å². The van der Waals surface area contributed by atoms with Crippen molar-refractivity contribution in [2.75, 3.05) is 0 Å². The lowest BCUT2D eigenvalue weighted by atomic mass is 9.99. The van der Waals surface area contributed by atoms with E-state index >= 15 is 0 Å². The monoisotopic (exact) mass is 416 g/mol. The molecule has 1 aliphatic rings. The number of benzene rings is 2. The topological polar surface area (TPSA) is 158 Å². The van der Waals surface area contributed by atoms with Gasteiger partial charge in [-0.2, -0.15) is 0 Å². The molecule has 9 heteroatoms. The number of aliphatic hydroxyl groups is 4. The number of hydrogen-bond acceptors (Lipinski definition) is 8. The molecule has 0 bridgehead atoms. The van der Waals surface area contributed by atoms with Crippen LogP contribution in [0.15, 0.2) is 70.1 Å². The Hall–Kier alpha value is -3.08. The lowest BCUT2D eigenvalue weighted by Crippen LogP contribution is -2.59. The van der Waals surface area contributed by atoms with Crippen LogP contribution < -0.4 is 5.43 Å². The number of ether oxygens (including phenoxy) is 1. The standard InChI is InChI=1S/C15H10O2.C6H10O7/c16-15-12-8-4-5-9-14(12)17-10-13(15)11-6-2-1-3-7-11;7-1-2(8)4(5(10)11)13-6(12)3(1)9/h1-10H;1-4,6-9,12H,(H,10,11)/t;1-,2-,3+,4-,6?/m.0/s1. The Kier molecular flexibility index (Phi) is 6.60. The van der Waals surface area contributed by atoms with Crippen molar-refractivity contribution in [3.8, 4) is 11.1 Å². The molecular formula is C21H20O9. The Balaban J connectivity index is 0.000000178. The highest BCUT2D eigenvalue weighted by molar-refractivity contribution is 5.81. The summed E-state index contributed by atoms with van der Waals surface area (Å²) in [5.41, 5.74) is 2.12. The van der Waals surface area contributed by atoms with E-state index in [1.54, 1.807) is 12.1 Å². The van der Waals surface area contributed by atoms with Crippen molar-refractivity contribution in [1.29, 1.82) is 0 Å². The van der Waals surface area contributed by atoms with E-state index in [9.17, 15) is 9.59 Å². The summed E-state index contributed by atoms with van der Waals surface area (Å²) in [6, 6.07) is 16.8. The van der Waals surface area contributed by atoms with E-state index in [0.29, 0.717) is 16.5 Å². The van der Waals surface area contributed by atoms with E-state index < -0.39 is 36.7 Å². The van der Waals surface area contributed by atoms with Crippen LogP contribution in [0.2, 0.25) is 0 Å². The zero-order valence-corrected chi connectivity index (χ0v) is 15.5. The Morgan fingerprint density at radius 1 is 0.833 bits per heavy atom. The van der Waals surface area contributed by atoms with Crippen molar-refractivity contribution in [2.45, 2.75) is 30.7 Å². The summed E-state index contributed by atoms with van der Waals surface area (Å²) in [5, 5.41) is 45.0. The molecule has 0 amide bonds. The number of carbonyl (C=O) groups is 1. The highest BCUT2D eigenvalue weighted by Crippen LogP contribution is 2.20. The molecule has 9 nitrogen and oxygen atoms in total. The van der Waals surface area contributed by atoms with Crippen LogP contribution in [-0.4, -0.2) is 62.2 Å². The van der Waals surface area contributed by atoms with Gasteiger partial charge in [0.1, 0.15) is 30.2 Å². The van der Waals surface area contributed by atoms with Crippen LogP contribution in [0, 0.1) is 0 Å². The number of fused-ring (bicyclic) bond motifs is 1. The first-order chi connectivity index (χ1) is 14.3. The molecule has 1 saturated heterocycles. The van der Waals surface area contributed by atoms with Gasteiger partial charge < -0.3 is 34.7 Å². The van der Waals surface area contributed by atoms with E-state index in [0.717, 1.165) is 5.56 Å². The first kappa shape index (κ1) is 21.6. The Morgan fingerprint density at radius 2 is 1.47 bits per heavy atom. The predicted molar refractivity (Wildman–Crippen MR) is 104 cm³/mol. The smallest absolute Gasteiger partial charge is 0.335 e. The van der Waals surface area contributed by atoms with Crippen LogP contribution in [0.3, 0.4) is 0 Å². The number of aliphatic hydroxyl groups excluding tert-OH is 4. The zero-order chi connectivity index (χ0) is 21.8. The van der Waals surface area contributed by atoms with Gasteiger partial charge >= 0.3 is 5.97 Å². The van der Waals surface area contributed by atoms with Crippen LogP contribution in [0.25, 0.3) is 22.1 Å². The van der Waals surface area contributed by atoms with E-state index in [1.807, 2.05) is 42.5 Å². The van der Waals surface area contributed by atoms with Crippen molar-refractivity contribution in [3.05, 3.63) is 71.1 Å². The summed E-state index contributed by atoms with van der Waals surface area (Å²) in [6.07, 6.45) is -7.20. The highest BCUT2D eigenvalue weighted by atomic mass is 16.6. The maximum absolute atomic E-state index is 12.3. The second-order valence-electron chi connectivity index (χ2n) is 6.60. The molecule has 4 rings (SSSR count). The van der Waals surface area contributed by atoms with E-state index in [1.165, 1.54) is 6.26 Å². The van der Waals surface area contributed by atoms with Crippen LogP contribution >= 0.6 is 0 Å². The van der Waals surface area contributed by atoms with Gasteiger partial charge in [-0.05, 0) is 17.7 Å². The number of rotatable bonds is 2. The Morgan fingerprint density at radius 3 is 2.13 bits per heavy atom. The van der Waals surface area contributed by atoms with E-state index in [-0.39, 0.29) is 5.43 Å². The molecule has 3 aromatic rings. The SMILES string of the molecule is O=C(O)[C@H]1OC(O)[C@H](O)[C@@H](O)[C@@H]1O.O=c1c(-c2ccccc2)coc2ccccc12. The van der Waals surface area contributed by atoms with Crippen LogP contribution in [0.4, 0.5) is 0 Å². The van der Waals surface area contributed by atoms with Gasteiger partial charge in [0.25, 0.3) is 0 Å². The quantitative estimate of drug-likeness (QED) is 0.397. The van der Waals surface area contributed by atoms with E-state index in [2.05, 4.69) is 4.74 Å². The minimum Gasteiger partial charge on any atom is -0.479 e. The minimum absolute atomic E-state index is 0.0121. The maximum Gasteiger partial charge on any atom is 0.335 e. The molecule has 0 aliphatic carbocycles. The lowest BCUT2D eigenvalue weighted by molar-refractivity contribution is -0.279. The molecule has 2 heterocycles. The summed E-state index contributed by atoms with van der Waals surface area (Å²) in [4.78, 5) is 22.6. The van der Waals surface area contributed by atoms with Crippen LogP contribution in [0.5, 0.6) is 0 Å². The van der Waals surface area contributed by atoms with Gasteiger partial charge in [0.05, 0.1) is 10.9 Å². The molecule has 158 valence electrons. The third-order valence-corrected chi connectivity index (χ3v) is 4.60. The largest absolute Gasteiger partial charge is 0.479 e. The van der Waals surface area contributed by atoms with Crippen molar-refractivity contribution in [1.82, 2.24) is 0 Å². The number of aliphatic carboxylic acids is 1. The Labute approximate surface area is 170 Å². The molecule has 5 atom stereocenters. The van der Waals surface area contributed by atoms with Crippen molar-refractivity contribution in [3.63, 3.8) is 0 Å². The molecule has 2 aromatic carbocycles. The molecule has 1 aromatic heterocycles. The molecule has 5 N–H and O–H groups in total. The summed E-state index contributed by atoms with van der Waals surface area (Å²) in [5.74, 6) is -1.52. The van der Waals surface area contributed by atoms with Gasteiger partial charge in [-0.15, -0.1) is 0 Å². The van der Waals surface area contributed by atoms with Gasteiger partial charge in [0, 0.05) is 0 Å². The van der Waals surface area contributed by atoms with Crippen molar-refractivity contribution < 1.29 is 39.5 Å². The average molecular weight is 416 g/mol. The molecule has 0 spiro atoms. The van der Waals surface area contributed by atoms with Crippen molar-refractivity contribution in [2.24, 2.45) is 0 Å². The first-order valence-electron chi connectivity index (χ1n) is 8.97. The summed E-state index contributed by atoms with van der Waals surface area (Å²) >= 11 is 0. The van der Waals surface area contributed by atoms with E-state index in [4.69, 9.17) is 29.9 Å². The van der Waals surface area contributed by atoms with Gasteiger partial charge in [-0.3, -0.25) is 4.79 Å². The average Bonchev–Trinajstić information content (AvgIpc) is 2.76. The summed E-state index contributed by atoms with van der Waals surface area (Å²) in [7, 11) is 0. The molecule has 30 heavy (non-hydrogen) atoms. The fraction of sp³-hybridized carbons (Fsp3) is 0.238. The molecule has 0 saturated carbocycles. The number of hydrogen-bond donors (Lipinski definition) is 5. The Bertz CT molecular complexity index is 1060. The number of carboxylic acid groups (broad SMARTS) is 1. The summed E-state index contributed by atoms with van der Waals surface area (Å²) < 4.78 is 9.82. The zero-order valence-electron chi connectivity index (χ0n) is 15.5. The van der Waals surface area contributed by atoms with Gasteiger partial charge in [-0.25, -0.2) is 4.79 Å². The molecular weight excluding hydrogens is 396 g/mol. The van der Waals surface area contributed by atoms with Gasteiger partial charge in [0.15, 0.2) is 17.8 Å². The van der Waals surface area contributed by atoms with Crippen molar-refractivity contribution >= 4 is 16.9 Å². The fourth-order valence-corrected chi connectivity index (χ4v) is 2.96. The molecule has 1 unspecified atom stereocenters.